The van der Waals surface area contributed by atoms with E-state index >= 15 is 0 Å². The van der Waals surface area contributed by atoms with Gasteiger partial charge in [-0.25, -0.2) is 19.2 Å². The molecule has 12 amide bonds. The largest absolute Gasteiger partial charge is 0.480 e. The van der Waals surface area contributed by atoms with Crippen LogP contribution >= 0.6 is 0 Å². The summed E-state index contributed by atoms with van der Waals surface area (Å²) in [5.74, 6) is -17.0. The zero-order valence-corrected chi connectivity index (χ0v) is 67.1. The molecule has 0 bridgehead atoms. The molecule has 628 valence electrons. The van der Waals surface area contributed by atoms with Gasteiger partial charge in [-0.1, -0.05) is 136 Å². The topological polar surface area (TPSA) is 580 Å². The number of aliphatic imine (C=N–C) groups is 1. The number of amides is 12. The smallest absolute Gasteiger partial charge is 0.408 e. The number of hydrogen-bond acceptors (Lipinski definition) is 22. The highest BCUT2D eigenvalue weighted by Gasteiger charge is 2.43. The molecule has 0 radical (unpaired) electrons. The van der Waals surface area contributed by atoms with Gasteiger partial charge in [0.1, 0.15) is 60.5 Å². The van der Waals surface area contributed by atoms with Crippen molar-refractivity contribution in [3.63, 3.8) is 0 Å². The summed E-state index contributed by atoms with van der Waals surface area (Å²) in [6, 6.07) is -1.29. The van der Waals surface area contributed by atoms with Crippen LogP contribution < -0.4 is 75.7 Å². The molecule has 0 saturated carbocycles. The number of benzene rings is 2. The number of carboxylic acids is 1. The van der Waals surface area contributed by atoms with Crippen LogP contribution in [0.1, 0.15) is 173 Å². The molecule has 1 unspecified atom stereocenters. The van der Waals surface area contributed by atoms with Gasteiger partial charge < -0.3 is 115 Å². The van der Waals surface area contributed by atoms with Crippen LogP contribution in [0.25, 0.3) is 0 Å². The lowest BCUT2D eigenvalue weighted by Gasteiger charge is -2.31. The van der Waals surface area contributed by atoms with Gasteiger partial charge in [0, 0.05) is 6.54 Å². The first kappa shape index (κ1) is 97.8. The van der Waals surface area contributed by atoms with Crippen LogP contribution in [-0.2, 0) is 83.1 Å². The first-order valence-corrected chi connectivity index (χ1v) is 37.2. The van der Waals surface area contributed by atoms with E-state index < -0.39 is 204 Å². The number of nitrogens with one attached hydrogen (secondary N) is 11. The average molecular weight is 1580 g/mol. The average Bonchev–Trinajstić information content (AvgIpc) is 0.830. The lowest BCUT2D eigenvalue weighted by atomic mass is 9.96. The molecule has 37 heteroatoms. The highest BCUT2D eigenvalue weighted by Crippen LogP contribution is 2.25. The van der Waals surface area contributed by atoms with Crippen molar-refractivity contribution in [2.45, 2.75) is 259 Å². The Morgan fingerprint density at radius 3 is 1.45 bits per heavy atom. The third kappa shape index (κ3) is 36.3. The third-order valence-electron chi connectivity index (χ3n) is 16.8. The van der Waals surface area contributed by atoms with E-state index in [1.165, 1.54) is 24.3 Å². The van der Waals surface area contributed by atoms with Crippen molar-refractivity contribution < 1.29 is 106 Å². The van der Waals surface area contributed by atoms with Crippen LogP contribution in [0.2, 0.25) is 0 Å². The zero-order valence-electron chi connectivity index (χ0n) is 67.1. The SMILES string of the molecule is CC[C@H](C)[C@H](NC(=O)[C@@H](CCCN=C(N)N)NC(=O)[C@H](CC(C)C)NC(=O)[C@@H](NC(=O)OC(C)(C)C)[C@H](O)C(C)C)C(=O)N[C@H](C(=O)NCC(=O)N[C@H](C(=O)NC(COC(C)(C)C)C(=O)O[C@H](c1ccccc1)[C@H](NC(=O)[C@H](CC(C)C)NC(=O)[C@@H](CC(C)C)NC(=O)OCc1ccccc1)C(=O)O)[C@H](O)C(N)=O)[C@H](C)O. The van der Waals surface area contributed by atoms with Gasteiger partial charge in [-0.15, -0.1) is 0 Å². The second-order valence-corrected chi connectivity index (χ2v) is 30.9. The predicted octanol–water partition coefficient (Wildman–Crippen LogP) is -0.165. The summed E-state index contributed by atoms with van der Waals surface area (Å²) in [4.78, 5) is 198. The quantitative estimate of drug-likeness (QED) is 0.0135. The van der Waals surface area contributed by atoms with Crippen molar-refractivity contribution in [3.05, 3.63) is 71.8 Å². The molecular weight excluding hydrogens is 1460 g/mol. The Morgan fingerprint density at radius 1 is 0.500 bits per heavy atom. The van der Waals surface area contributed by atoms with Crippen molar-refractivity contribution in [1.82, 2.24) is 58.5 Å². The Balaban J connectivity index is 2.51. The summed E-state index contributed by atoms with van der Waals surface area (Å²) in [5.41, 5.74) is 15.1. The van der Waals surface area contributed by atoms with Gasteiger partial charge in [0.15, 0.2) is 30.3 Å². The van der Waals surface area contributed by atoms with Crippen molar-refractivity contribution in [2.75, 3.05) is 19.7 Å². The van der Waals surface area contributed by atoms with Gasteiger partial charge in [0.05, 0.1) is 31.0 Å². The first-order chi connectivity index (χ1) is 52.1. The van der Waals surface area contributed by atoms with Crippen LogP contribution in [0, 0.1) is 29.6 Å². The van der Waals surface area contributed by atoms with E-state index in [1.54, 1.807) is 147 Å². The molecule has 15 atom stereocenters. The first-order valence-electron chi connectivity index (χ1n) is 37.2. The molecule has 21 N–H and O–H groups in total. The monoisotopic (exact) mass is 1580 g/mol. The van der Waals surface area contributed by atoms with Crippen LogP contribution in [0.5, 0.6) is 0 Å². The standard InChI is InChI=1S/C75H121N15O22/c1-18-42(10)52(87-61(96)46(30-25-31-79-71(77)78)81-62(97)47(32-38(2)3)83-67(102)54(57(93)41(8)9)90-73(108)112-75(15,16)17)66(101)88-53(43(11)91)65(100)80-35-51(92)86-55(58(94)60(76)95)68(103)84-50(37-110-74(12,13)14)70(106)111-59(45-28-23-20-24-29-45)56(69(104)105)89-64(99)48(33-39(4)5)82-63(98)49(34-40(6)7)85-72(107)109-36-44-26-21-19-22-27-44/h19-24,26-29,38-43,46-50,52-59,91,93-94H,18,25,30-37H2,1-17H3,(H2,76,95)(H,80,100)(H,81,97)(H,82,98)(H,83,102)(H,84,103)(H,85,107)(H,86,92)(H,87,96)(H,88,101)(H,89,99)(H,90,108)(H,104,105)(H4,77,78,79)/t42-,43-,46+,47-,48-,49+,50?,52-,53-,54-,55-,56-,57+,58-,59+/m0/s1. The van der Waals surface area contributed by atoms with Crippen molar-refractivity contribution in [1.29, 1.82) is 0 Å². The normalized spacial score (nSPS) is 15.6. The number of aliphatic hydroxyl groups is 3. The van der Waals surface area contributed by atoms with E-state index in [0.29, 0.717) is 5.56 Å². The number of aliphatic hydroxyl groups excluding tert-OH is 3. The number of carbonyl (C=O) groups excluding carboxylic acids is 13. The fourth-order valence-electron chi connectivity index (χ4n) is 10.7. The van der Waals surface area contributed by atoms with Gasteiger partial charge in [0.25, 0.3) is 0 Å². The summed E-state index contributed by atoms with van der Waals surface area (Å²) in [7, 11) is 0. The van der Waals surface area contributed by atoms with Gasteiger partial charge in [0.2, 0.25) is 59.1 Å². The molecule has 0 fully saturated rings. The number of carboxylic acid groups (broad SMARTS) is 1. The Morgan fingerprint density at radius 2 is 0.964 bits per heavy atom. The molecule has 0 heterocycles. The van der Waals surface area contributed by atoms with Gasteiger partial charge >= 0.3 is 24.1 Å². The predicted molar refractivity (Wildman–Crippen MR) is 409 cm³/mol. The maximum atomic E-state index is 14.6. The number of hydrogen-bond donors (Lipinski definition) is 18. The minimum atomic E-state index is -2.59. The second-order valence-electron chi connectivity index (χ2n) is 30.9. The van der Waals surface area contributed by atoms with E-state index in [0.717, 1.165) is 6.92 Å². The highest BCUT2D eigenvalue weighted by molar-refractivity contribution is 5.99. The van der Waals surface area contributed by atoms with E-state index in [4.69, 9.17) is 36.1 Å². The molecule has 0 aromatic heterocycles. The summed E-state index contributed by atoms with van der Waals surface area (Å²) in [5, 5.41) is 70.5. The fraction of sp³-hybridized carbons (Fsp3) is 0.640. The van der Waals surface area contributed by atoms with Crippen LogP contribution in [0.3, 0.4) is 0 Å². The molecule has 2 rings (SSSR count). The van der Waals surface area contributed by atoms with Crippen LogP contribution in [0.15, 0.2) is 65.7 Å². The maximum Gasteiger partial charge on any atom is 0.408 e. The lowest BCUT2D eigenvalue weighted by Crippen LogP contribution is -2.62. The Bertz CT molecular complexity index is 3470. The Kier molecular flexibility index (Phi) is 41.2. The number of ether oxygens (including phenoxy) is 4. The summed E-state index contributed by atoms with van der Waals surface area (Å²) >= 11 is 0. The number of primary amides is 1. The van der Waals surface area contributed by atoms with E-state index in [1.807, 2.05) is 5.32 Å². The molecule has 0 aliphatic rings. The second kappa shape index (κ2) is 47.2. The third-order valence-corrected chi connectivity index (χ3v) is 16.8. The molecule has 0 aliphatic carbocycles. The number of nitrogens with two attached hydrogens (primary N) is 3. The van der Waals surface area contributed by atoms with Crippen molar-refractivity contribution in [2.24, 2.45) is 51.8 Å². The van der Waals surface area contributed by atoms with Gasteiger partial charge in [-0.05, 0) is 121 Å². The van der Waals surface area contributed by atoms with Crippen molar-refractivity contribution >= 4 is 89.2 Å². The molecule has 0 spiro atoms. The number of nitrogens with zero attached hydrogens (tertiary/aromatic N) is 1. The van der Waals surface area contributed by atoms with E-state index in [2.05, 4.69) is 58.2 Å². The lowest BCUT2D eigenvalue weighted by molar-refractivity contribution is -0.163. The number of esters is 1. The van der Waals surface area contributed by atoms with E-state index in [9.17, 15) is 87.5 Å². The molecule has 37 nitrogen and oxygen atoms in total. The molecule has 2 aromatic carbocycles. The molecule has 0 saturated heterocycles. The zero-order chi connectivity index (χ0) is 85.2. The fourth-order valence-corrected chi connectivity index (χ4v) is 10.7. The number of aliphatic carboxylic acids is 1. The minimum Gasteiger partial charge on any atom is -0.480 e. The molecule has 0 aliphatic heterocycles. The highest BCUT2D eigenvalue weighted by atomic mass is 16.6. The number of carbonyl (C=O) groups is 14. The van der Waals surface area contributed by atoms with Crippen LogP contribution in [0.4, 0.5) is 9.59 Å². The maximum absolute atomic E-state index is 14.6. The Labute approximate surface area is 653 Å². The number of guanidine groups is 1. The van der Waals surface area contributed by atoms with Crippen LogP contribution in [-0.4, -0.2) is 219 Å². The minimum absolute atomic E-state index is 0.0223. The summed E-state index contributed by atoms with van der Waals surface area (Å²) < 4.78 is 22.4. The van der Waals surface area contributed by atoms with E-state index in [-0.39, 0.29) is 81.0 Å². The van der Waals surface area contributed by atoms with Gasteiger partial charge in [-0.2, -0.15) is 0 Å². The number of rotatable bonds is 46. The molecule has 2 aromatic rings. The Hall–Kier alpha value is -10.3. The summed E-state index contributed by atoms with van der Waals surface area (Å²) in [6.07, 6.45) is -9.63. The molecular formula is C75H121N15O22. The molecule has 112 heavy (non-hydrogen) atoms. The summed E-state index contributed by atoms with van der Waals surface area (Å²) in [6.45, 7) is 25.4. The van der Waals surface area contributed by atoms with Crippen molar-refractivity contribution in [3.8, 4) is 0 Å². The number of alkyl carbamates (subject to hydrolysis) is 2. The van der Waals surface area contributed by atoms with Gasteiger partial charge in [-0.3, -0.25) is 52.9 Å².